The highest BCUT2D eigenvalue weighted by Crippen LogP contribution is 2.41. The molecule has 2 heteroatoms. The van der Waals surface area contributed by atoms with Crippen molar-refractivity contribution in [2.45, 2.75) is 70.4 Å². The summed E-state index contributed by atoms with van der Waals surface area (Å²) in [5.74, 6) is 0.447. The minimum Gasteiger partial charge on any atom is -0.311 e. The van der Waals surface area contributed by atoms with Gasteiger partial charge in [-0.2, -0.15) is 0 Å². The van der Waals surface area contributed by atoms with Crippen LogP contribution in [0.25, 0.3) is 0 Å². The highest BCUT2D eigenvalue weighted by atomic mass is 19.1. The number of hydrogen-bond acceptors (Lipinski definition) is 1. The monoisotopic (exact) mass is 275 g/mol. The molecule has 1 unspecified atom stereocenters. The van der Waals surface area contributed by atoms with Gasteiger partial charge in [0.05, 0.1) is 0 Å². The Morgan fingerprint density at radius 2 is 2.00 bits per heavy atom. The molecule has 2 aliphatic carbocycles. The first kappa shape index (κ1) is 14.1. The van der Waals surface area contributed by atoms with E-state index in [-0.39, 0.29) is 5.82 Å². The molecule has 0 radical (unpaired) electrons. The Morgan fingerprint density at radius 1 is 1.20 bits per heavy atom. The standard InChI is InChI=1S/C18H26FN/c1-18(2)9-4-3-8-17(18)20-16-11-14(12-16)13-6-5-7-15(19)10-13/h5-7,10,14,16-17,20H,3-4,8-9,11-12H2,1-2H3. The molecule has 0 spiro atoms. The number of halogens is 1. The molecular formula is C18H26FN. The summed E-state index contributed by atoms with van der Waals surface area (Å²) in [7, 11) is 0. The smallest absolute Gasteiger partial charge is 0.123 e. The SMILES string of the molecule is CC1(C)CCCCC1NC1CC(c2cccc(F)c2)C1. The van der Waals surface area contributed by atoms with E-state index < -0.39 is 0 Å². The van der Waals surface area contributed by atoms with Crippen molar-refractivity contribution in [3.05, 3.63) is 35.6 Å². The molecule has 0 aliphatic heterocycles. The van der Waals surface area contributed by atoms with Gasteiger partial charge >= 0.3 is 0 Å². The molecule has 0 bridgehead atoms. The normalized spacial score (nSPS) is 32.6. The van der Waals surface area contributed by atoms with Gasteiger partial charge in [-0.1, -0.05) is 38.8 Å². The summed E-state index contributed by atoms with van der Waals surface area (Å²) < 4.78 is 13.2. The predicted octanol–water partition coefficient (Wildman–Crippen LogP) is 4.63. The Morgan fingerprint density at radius 3 is 2.70 bits per heavy atom. The van der Waals surface area contributed by atoms with Gasteiger partial charge in [-0.25, -0.2) is 4.39 Å². The second-order valence-corrected chi connectivity index (χ2v) is 7.37. The van der Waals surface area contributed by atoms with Crippen LogP contribution >= 0.6 is 0 Å². The molecule has 0 heterocycles. The van der Waals surface area contributed by atoms with Gasteiger partial charge in [0.1, 0.15) is 5.82 Å². The molecule has 1 aromatic carbocycles. The van der Waals surface area contributed by atoms with Crippen LogP contribution in [0.2, 0.25) is 0 Å². The van der Waals surface area contributed by atoms with E-state index in [1.54, 1.807) is 6.07 Å². The zero-order valence-corrected chi connectivity index (χ0v) is 12.7. The van der Waals surface area contributed by atoms with Crippen LogP contribution in [0.3, 0.4) is 0 Å². The lowest BCUT2D eigenvalue weighted by Crippen LogP contribution is -2.52. The van der Waals surface area contributed by atoms with Gasteiger partial charge in [0, 0.05) is 12.1 Å². The van der Waals surface area contributed by atoms with Crippen molar-refractivity contribution >= 4 is 0 Å². The van der Waals surface area contributed by atoms with E-state index in [9.17, 15) is 4.39 Å². The summed E-state index contributed by atoms with van der Waals surface area (Å²) in [6.07, 6.45) is 7.72. The summed E-state index contributed by atoms with van der Waals surface area (Å²) in [5.41, 5.74) is 1.60. The fourth-order valence-electron chi connectivity index (χ4n) is 3.87. The molecule has 2 aliphatic rings. The molecule has 110 valence electrons. The number of rotatable bonds is 3. The van der Waals surface area contributed by atoms with E-state index >= 15 is 0 Å². The van der Waals surface area contributed by atoms with E-state index in [1.165, 1.54) is 37.3 Å². The van der Waals surface area contributed by atoms with Gasteiger partial charge in [0.2, 0.25) is 0 Å². The lowest BCUT2D eigenvalue weighted by atomic mass is 9.70. The third-order valence-electron chi connectivity index (χ3n) is 5.40. The molecule has 0 aromatic heterocycles. The van der Waals surface area contributed by atoms with E-state index in [1.807, 2.05) is 6.07 Å². The van der Waals surface area contributed by atoms with Crippen molar-refractivity contribution < 1.29 is 4.39 Å². The minimum absolute atomic E-state index is 0.104. The molecule has 2 fully saturated rings. The highest BCUT2D eigenvalue weighted by Gasteiger charge is 2.37. The third kappa shape index (κ3) is 2.90. The van der Waals surface area contributed by atoms with Gasteiger partial charge in [-0.15, -0.1) is 0 Å². The second kappa shape index (κ2) is 5.48. The molecule has 0 amide bonds. The van der Waals surface area contributed by atoms with E-state index in [4.69, 9.17) is 0 Å². The van der Waals surface area contributed by atoms with Crippen LogP contribution in [0.1, 0.15) is 63.9 Å². The van der Waals surface area contributed by atoms with Gasteiger partial charge < -0.3 is 5.32 Å². The number of nitrogens with one attached hydrogen (secondary N) is 1. The fourth-order valence-corrected chi connectivity index (χ4v) is 3.87. The van der Waals surface area contributed by atoms with Crippen molar-refractivity contribution in [2.75, 3.05) is 0 Å². The van der Waals surface area contributed by atoms with Crippen LogP contribution in [0.15, 0.2) is 24.3 Å². The maximum absolute atomic E-state index is 13.2. The molecule has 1 nitrogen and oxygen atoms in total. The predicted molar refractivity (Wildman–Crippen MR) is 81.3 cm³/mol. The van der Waals surface area contributed by atoms with Crippen molar-refractivity contribution in [2.24, 2.45) is 5.41 Å². The molecular weight excluding hydrogens is 249 g/mol. The zero-order valence-electron chi connectivity index (χ0n) is 12.7. The zero-order chi connectivity index (χ0) is 14.2. The molecule has 3 rings (SSSR count). The first-order chi connectivity index (χ1) is 9.54. The molecule has 1 aromatic rings. The van der Waals surface area contributed by atoms with Crippen LogP contribution in [0.4, 0.5) is 4.39 Å². The molecule has 0 saturated heterocycles. The number of benzene rings is 1. The maximum Gasteiger partial charge on any atom is 0.123 e. The fraction of sp³-hybridized carbons (Fsp3) is 0.667. The van der Waals surface area contributed by atoms with Gasteiger partial charge in [-0.3, -0.25) is 0 Å². The van der Waals surface area contributed by atoms with E-state index in [2.05, 4.69) is 25.2 Å². The Hall–Kier alpha value is -0.890. The van der Waals surface area contributed by atoms with Gasteiger partial charge in [0.15, 0.2) is 0 Å². The van der Waals surface area contributed by atoms with Crippen LogP contribution in [0, 0.1) is 11.2 Å². The molecule has 20 heavy (non-hydrogen) atoms. The maximum atomic E-state index is 13.2. The van der Waals surface area contributed by atoms with Crippen molar-refractivity contribution in [3.8, 4) is 0 Å². The van der Waals surface area contributed by atoms with Gasteiger partial charge in [0.25, 0.3) is 0 Å². The van der Waals surface area contributed by atoms with Crippen LogP contribution in [-0.2, 0) is 0 Å². The second-order valence-electron chi connectivity index (χ2n) is 7.37. The largest absolute Gasteiger partial charge is 0.311 e. The summed E-state index contributed by atoms with van der Waals surface area (Å²) in [6.45, 7) is 4.79. The van der Waals surface area contributed by atoms with Crippen molar-refractivity contribution in [1.29, 1.82) is 0 Å². The summed E-state index contributed by atoms with van der Waals surface area (Å²) in [4.78, 5) is 0. The highest BCUT2D eigenvalue weighted by molar-refractivity contribution is 5.23. The Balaban J connectivity index is 1.53. The number of hydrogen-bond donors (Lipinski definition) is 1. The molecule has 2 saturated carbocycles. The van der Waals surface area contributed by atoms with E-state index in [0.717, 1.165) is 12.8 Å². The first-order valence-corrected chi connectivity index (χ1v) is 8.06. The summed E-state index contributed by atoms with van der Waals surface area (Å²) >= 11 is 0. The van der Waals surface area contributed by atoms with E-state index in [0.29, 0.717) is 23.4 Å². The van der Waals surface area contributed by atoms with Crippen LogP contribution in [-0.4, -0.2) is 12.1 Å². The van der Waals surface area contributed by atoms with Crippen molar-refractivity contribution in [3.63, 3.8) is 0 Å². The van der Waals surface area contributed by atoms with Crippen LogP contribution in [0.5, 0.6) is 0 Å². The first-order valence-electron chi connectivity index (χ1n) is 8.06. The molecule has 1 atom stereocenters. The minimum atomic E-state index is -0.104. The quantitative estimate of drug-likeness (QED) is 0.848. The molecule has 1 N–H and O–H groups in total. The average Bonchev–Trinajstić information content (AvgIpc) is 2.34. The van der Waals surface area contributed by atoms with Gasteiger partial charge in [-0.05, 0) is 54.7 Å². The Bertz CT molecular complexity index is 462. The van der Waals surface area contributed by atoms with Crippen molar-refractivity contribution in [1.82, 2.24) is 5.32 Å². The Kier molecular flexibility index (Phi) is 3.85. The summed E-state index contributed by atoms with van der Waals surface area (Å²) in [5, 5.41) is 3.87. The lowest BCUT2D eigenvalue weighted by molar-refractivity contribution is 0.130. The lowest BCUT2D eigenvalue weighted by Gasteiger charge is -2.45. The average molecular weight is 275 g/mol. The third-order valence-corrected chi connectivity index (χ3v) is 5.40. The van der Waals surface area contributed by atoms with Crippen LogP contribution < -0.4 is 5.32 Å². The summed E-state index contributed by atoms with van der Waals surface area (Å²) in [6, 6.07) is 8.42. The Labute approximate surface area is 122 Å². The topological polar surface area (TPSA) is 12.0 Å².